The van der Waals surface area contributed by atoms with E-state index in [1.807, 2.05) is 24.3 Å². The summed E-state index contributed by atoms with van der Waals surface area (Å²) in [5.41, 5.74) is 1.93. The fourth-order valence-corrected chi connectivity index (χ4v) is 1.00. The van der Waals surface area contributed by atoms with Gasteiger partial charge in [0.1, 0.15) is 0 Å². The first-order valence-electron chi connectivity index (χ1n) is 3.65. The predicted molar refractivity (Wildman–Crippen MR) is 44.8 cm³/mol. The Morgan fingerprint density at radius 3 is 2.91 bits per heavy atom. The molecule has 0 saturated heterocycles. The fourth-order valence-electron chi connectivity index (χ4n) is 1.00. The van der Waals surface area contributed by atoms with E-state index in [1.165, 1.54) is 5.56 Å². The maximum absolute atomic E-state index is 8.56. The molecule has 11 heavy (non-hydrogen) atoms. The summed E-state index contributed by atoms with van der Waals surface area (Å²) in [4.78, 5) is 0. The highest BCUT2D eigenvalue weighted by Crippen LogP contribution is 2.05. The lowest BCUT2D eigenvalue weighted by Gasteiger charge is -1.96. The second-order valence-electron chi connectivity index (χ2n) is 2.42. The summed E-state index contributed by atoms with van der Waals surface area (Å²) in [7, 11) is 0. The lowest BCUT2D eigenvalue weighted by molar-refractivity contribution is 0.998. The van der Waals surface area contributed by atoms with E-state index in [2.05, 4.69) is 13.0 Å². The molecule has 1 radical (unpaired) electrons. The molecule has 55 valence electrons. The molecule has 0 aliphatic heterocycles. The summed E-state index contributed by atoms with van der Waals surface area (Å²) in [6.45, 7) is 3.75. The van der Waals surface area contributed by atoms with E-state index < -0.39 is 0 Å². The standard InChI is InChI=1S/C10H10N/c1-2-4-9-5-3-6-10(7-9)8-11/h3,5-7H,1-2,4H2. The van der Waals surface area contributed by atoms with Gasteiger partial charge in [-0.05, 0) is 30.5 Å². The van der Waals surface area contributed by atoms with Gasteiger partial charge in [-0.1, -0.05) is 19.1 Å². The minimum absolute atomic E-state index is 0.732. The van der Waals surface area contributed by atoms with E-state index in [4.69, 9.17) is 5.26 Å². The van der Waals surface area contributed by atoms with Gasteiger partial charge in [0, 0.05) is 0 Å². The molecule has 1 rings (SSSR count). The van der Waals surface area contributed by atoms with Crippen molar-refractivity contribution in [2.45, 2.75) is 12.8 Å². The Kier molecular flexibility index (Phi) is 2.68. The number of hydrogen-bond acceptors (Lipinski definition) is 1. The van der Waals surface area contributed by atoms with Gasteiger partial charge in [-0.15, -0.1) is 0 Å². The molecular formula is C10H10N. The highest BCUT2D eigenvalue weighted by Gasteiger charge is 1.92. The van der Waals surface area contributed by atoms with Crippen LogP contribution in [0.2, 0.25) is 0 Å². The van der Waals surface area contributed by atoms with Crippen LogP contribution in [0.25, 0.3) is 0 Å². The second kappa shape index (κ2) is 3.78. The second-order valence-corrected chi connectivity index (χ2v) is 2.42. The molecule has 0 bridgehead atoms. The molecule has 0 N–H and O–H groups in total. The smallest absolute Gasteiger partial charge is 0.0991 e. The molecule has 0 aliphatic rings. The molecule has 0 fully saturated rings. The first-order valence-corrected chi connectivity index (χ1v) is 3.65. The predicted octanol–water partition coefficient (Wildman–Crippen LogP) is 2.32. The lowest BCUT2D eigenvalue weighted by Crippen LogP contribution is -1.83. The molecule has 0 unspecified atom stereocenters. The van der Waals surface area contributed by atoms with Crippen LogP contribution in [0.1, 0.15) is 17.5 Å². The first-order chi connectivity index (χ1) is 5.36. The van der Waals surface area contributed by atoms with Crippen LogP contribution in [0, 0.1) is 18.3 Å². The summed E-state index contributed by atoms with van der Waals surface area (Å²) >= 11 is 0. The SMILES string of the molecule is [CH2]CCc1cccc(C#N)c1. The lowest BCUT2D eigenvalue weighted by atomic mass is 10.1. The summed E-state index contributed by atoms with van der Waals surface area (Å²) in [6, 6.07) is 9.75. The van der Waals surface area contributed by atoms with Crippen molar-refractivity contribution in [2.75, 3.05) is 0 Å². The van der Waals surface area contributed by atoms with Crippen LogP contribution in [-0.4, -0.2) is 0 Å². The summed E-state index contributed by atoms with van der Waals surface area (Å²) in [6.07, 6.45) is 1.84. The molecule has 1 heteroatoms. The van der Waals surface area contributed by atoms with E-state index >= 15 is 0 Å². The van der Waals surface area contributed by atoms with Crippen molar-refractivity contribution in [2.24, 2.45) is 0 Å². The highest BCUT2D eigenvalue weighted by molar-refractivity contribution is 5.32. The van der Waals surface area contributed by atoms with Crippen LogP contribution in [0.4, 0.5) is 0 Å². The molecule has 0 atom stereocenters. The Morgan fingerprint density at radius 2 is 2.27 bits per heavy atom. The van der Waals surface area contributed by atoms with Crippen LogP contribution >= 0.6 is 0 Å². The minimum Gasteiger partial charge on any atom is -0.192 e. The number of rotatable bonds is 2. The molecule has 0 heterocycles. The van der Waals surface area contributed by atoms with Gasteiger partial charge < -0.3 is 0 Å². The zero-order chi connectivity index (χ0) is 8.10. The van der Waals surface area contributed by atoms with Crippen LogP contribution in [0.5, 0.6) is 0 Å². The monoisotopic (exact) mass is 144 g/mol. The quantitative estimate of drug-likeness (QED) is 0.625. The maximum atomic E-state index is 8.56. The fraction of sp³-hybridized carbons (Fsp3) is 0.200. The summed E-state index contributed by atoms with van der Waals surface area (Å²) < 4.78 is 0. The van der Waals surface area contributed by atoms with Gasteiger partial charge in [-0.3, -0.25) is 0 Å². The Morgan fingerprint density at radius 1 is 1.45 bits per heavy atom. The first kappa shape index (κ1) is 7.81. The third-order valence-electron chi connectivity index (χ3n) is 1.52. The van der Waals surface area contributed by atoms with Crippen LogP contribution in [0.3, 0.4) is 0 Å². The Labute approximate surface area is 67.3 Å². The molecule has 1 aromatic carbocycles. The molecule has 0 spiro atoms. The Bertz CT molecular complexity index is 270. The Balaban J connectivity index is 2.85. The molecule has 0 saturated carbocycles. The average molecular weight is 144 g/mol. The number of nitriles is 1. The molecule has 0 amide bonds. The van der Waals surface area contributed by atoms with Crippen molar-refractivity contribution >= 4 is 0 Å². The number of hydrogen-bond donors (Lipinski definition) is 0. The van der Waals surface area contributed by atoms with Gasteiger partial charge in [0.25, 0.3) is 0 Å². The molecule has 1 nitrogen and oxygen atoms in total. The van der Waals surface area contributed by atoms with Gasteiger partial charge in [-0.25, -0.2) is 0 Å². The maximum Gasteiger partial charge on any atom is 0.0991 e. The van der Waals surface area contributed by atoms with Crippen molar-refractivity contribution in [3.63, 3.8) is 0 Å². The average Bonchev–Trinajstić information content (AvgIpc) is 2.06. The zero-order valence-electron chi connectivity index (χ0n) is 6.38. The normalized spacial score (nSPS) is 9.09. The van der Waals surface area contributed by atoms with Crippen molar-refractivity contribution in [1.82, 2.24) is 0 Å². The van der Waals surface area contributed by atoms with E-state index in [9.17, 15) is 0 Å². The summed E-state index contributed by atoms with van der Waals surface area (Å²) in [5.74, 6) is 0. The van der Waals surface area contributed by atoms with Crippen molar-refractivity contribution in [3.05, 3.63) is 42.3 Å². The Hall–Kier alpha value is -1.29. The molecule has 0 aliphatic carbocycles. The number of benzene rings is 1. The van der Waals surface area contributed by atoms with Crippen LogP contribution in [0.15, 0.2) is 24.3 Å². The van der Waals surface area contributed by atoms with Gasteiger partial charge in [0.15, 0.2) is 0 Å². The van der Waals surface area contributed by atoms with E-state index in [0.717, 1.165) is 18.4 Å². The molecule has 1 aromatic rings. The third kappa shape index (κ3) is 2.09. The minimum atomic E-state index is 0.732. The van der Waals surface area contributed by atoms with Gasteiger partial charge in [-0.2, -0.15) is 5.26 Å². The molecular weight excluding hydrogens is 134 g/mol. The zero-order valence-corrected chi connectivity index (χ0v) is 6.38. The van der Waals surface area contributed by atoms with Crippen molar-refractivity contribution in [1.29, 1.82) is 5.26 Å². The topological polar surface area (TPSA) is 23.8 Å². The van der Waals surface area contributed by atoms with Crippen LogP contribution < -0.4 is 0 Å². The van der Waals surface area contributed by atoms with Gasteiger partial charge in [0.05, 0.1) is 11.6 Å². The van der Waals surface area contributed by atoms with E-state index in [-0.39, 0.29) is 0 Å². The largest absolute Gasteiger partial charge is 0.192 e. The van der Waals surface area contributed by atoms with E-state index in [1.54, 1.807) is 0 Å². The highest BCUT2D eigenvalue weighted by atomic mass is 14.2. The third-order valence-corrected chi connectivity index (χ3v) is 1.52. The van der Waals surface area contributed by atoms with Gasteiger partial charge in [0.2, 0.25) is 0 Å². The van der Waals surface area contributed by atoms with Crippen molar-refractivity contribution < 1.29 is 0 Å². The number of aryl methyl sites for hydroxylation is 1. The molecule has 0 aromatic heterocycles. The van der Waals surface area contributed by atoms with Crippen molar-refractivity contribution in [3.8, 4) is 6.07 Å². The van der Waals surface area contributed by atoms with E-state index in [0.29, 0.717) is 0 Å². The van der Waals surface area contributed by atoms with Crippen LogP contribution in [-0.2, 0) is 6.42 Å². The van der Waals surface area contributed by atoms with Gasteiger partial charge >= 0.3 is 0 Å². The summed E-state index contributed by atoms with van der Waals surface area (Å²) in [5, 5.41) is 8.56. The number of nitrogens with zero attached hydrogens (tertiary/aromatic N) is 1.